The highest BCUT2D eigenvalue weighted by atomic mass is 35.5. The van der Waals surface area contributed by atoms with Crippen molar-refractivity contribution >= 4 is 34.1 Å². The first-order valence-electron chi connectivity index (χ1n) is 10.7. The molecule has 0 bridgehead atoms. The van der Waals surface area contributed by atoms with E-state index in [1.54, 1.807) is 24.3 Å². The van der Waals surface area contributed by atoms with E-state index in [1.165, 1.54) is 0 Å². The fraction of sp³-hybridized carbons (Fsp3) is 0.333. The third-order valence-electron chi connectivity index (χ3n) is 6.37. The number of aromatic nitrogens is 1. The molecule has 1 aromatic heterocycles. The van der Waals surface area contributed by atoms with Gasteiger partial charge in [0.2, 0.25) is 0 Å². The van der Waals surface area contributed by atoms with Crippen LogP contribution in [0.3, 0.4) is 0 Å². The van der Waals surface area contributed by atoms with Crippen LogP contribution in [-0.2, 0) is 0 Å². The van der Waals surface area contributed by atoms with Crippen molar-refractivity contribution in [2.24, 2.45) is 0 Å². The number of aliphatic hydroxyl groups is 1. The Bertz CT molecular complexity index is 1080. The molecule has 3 aromatic rings. The predicted molar refractivity (Wildman–Crippen MR) is 123 cm³/mol. The molecule has 0 saturated carbocycles. The van der Waals surface area contributed by atoms with Crippen LogP contribution in [0.5, 0.6) is 0 Å². The summed E-state index contributed by atoms with van der Waals surface area (Å²) in [5, 5.41) is 13.7. The summed E-state index contributed by atoms with van der Waals surface area (Å²) in [6, 6.07) is 17.3. The van der Waals surface area contributed by atoms with Gasteiger partial charge in [0.15, 0.2) is 0 Å². The number of β-amino-alcohol motifs (C(OH)–C–C–N with tert-alkyl or cyclic N) is 1. The van der Waals surface area contributed by atoms with Crippen LogP contribution in [0.25, 0.3) is 10.8 Å². The van der Waals surface area contributed by atoms with Crippen molar-refractivity contribution in [3.05, 3.63) is 71.4 Å². The molecule has 31 heavy (non-hydrogen) atoms. The SMILES string of the molecule is O=C(c1ccc(Cl)cc1)N1CCN(C2CN(c3nccc4ccccc34)CC2O)CC1. The molecular formula is C24H25ClN4O2. The second-order valence-electron chi connectivity index (χ2n) is 8.23. The first-order valence-corrected chi connectivity index (χ1v) is 11.0. The lowest BCUT2D eigenvalue weighted by molar-refractivity contribution is 0.0376. The van der Waals surface area contributed by atoms with Crippen LogP contribution in [0.4, 0.5) is 5.82 Å². The molecule has 0 aliphatic carbocycles. The number of anilines is 1. The summed E-state index contributed by atoms with van der Waals surface area (Å²) in [5.41, 5.74) is 0.659. The number of carbonyl (C=O) groups is 1. The first-order chi connectivity index (χ1) is 15.1. The van der Waals surface area contributed by atoms with E-state index >= 15 is 0 Å². The molecule has 2 unspecified atom stereocenters. The van der Waals surface area contributed by atoms with Crippen LogP contribution in [-0.4, -0.2) is 77.2 Å². The van der Waals surface area contributed by atoms with E-state index in [0.29, 0.717) is 30.2 Å². The third kappa shape index (κ3) is 3.99. The standard InChI is InChI=1S/C24H25ClN4O2/c25-19-7-5-18(6-8-19)24(31)28-13-11-27(12-14-28)21-15-29(16-22(21)30)23-20-4-2-1-3-17(20)9-10-26-23/h1-10,21-22,30H,11-16H2. The predicted octanol–water partition coefficient (Wildman–Crippen LogP) is 2.90. The van der Waals surface area contributed by atoms with Gasteiger partial charge >= 0.3 is 0 Å². The molecule has 5 rings (SSSR count). The summed E-state index contributed by atoms with van der Waals surface area (Å²) < 4.78 is 0. The van der Waals surface area contributed by atoms with Gasteiger partial charge in [-0.2, -0.15) is 0 Å². The average molecular weight is 437 g/mol. The van der Waals surface area contributed by atoms with Gasteiger partial charge in [-0.3, -0.25) is 9.69 Å². The van der Waals surface area contributed by atoms with E-state index < -0.39 is 6.10 Å². The molecule has 2 aliphatic heterocycles. The summed E-state index contributed by atoms with van der Waals surface area (Å²) in [6.45, 7) is 4.09. The van der Waals surface area contributed by atoms with Crippen molar-refractivity contribution < 1.29 is 9.90 Å². The number of benzene rings is 2. The number of pyridine rings is 1. The van der Waals surface area contributed by atoms with E-state index in [4.69, 9.17) is 11.6 Å². The van der Waals surface area contributed by atoms with Crippen molar-refractivity contribution in [3.63, 3.8) is 0 Å². The Balaban J connectivity index is 1.25. The molecular weight excluding hydrogens is 412 g/mol. The maximum absolute atomic E-state index is 12.8. The number of fused-ring (bicyclic) bond motifs is 1. The number of nitrogens with zero attached hydrogens (tertiary/aromatic N) is 4. The van der Waals surface area contributed by atoms with Crippen LogP contribution < -0.4 is 4.90 Å². The molecule has 2 aromatic carbocycles. The normalized spacial score (nSPS) is 22.3. The molecule has 7 heteroatoms. The highest BCUT2D eigenvalue weighted by Crippen LogP contribution is 2.29. The van der Waals surface area contributed by atoms with E-state index in [0.717, 1.165) is 36.2 Å². The number of amides is 1. The number of halogens is 1. The Morgan fingerprint density at radius 1 is 0.968 bits per heavy atom. The minimum atomic E-state index is -0.445. The van der Waals surface area contributed by atoms with Gasteiger partial charge in [-0.25, -0.2) is 4.98 Å². The zero-order valence-electron chi connectivity index (χ0n) is 17.2. The van der Waals surface area contributed by atoms with Crippen LogP contribution >= 0.6 is 11.6 Å². The van der Waals surface area contributed by atoms with Crippen molar-refractivity contribution in [1.29, 1.82) is 0 Å². The Morgan fingerprint density at radius 3 is 2.48 bits per heavy atom. The Morgan fingerprint density at radius 2 is 1.71 bits per heavy atom. The Hall–Kier alpha value is -2.67. The summed E-state index contributed by atoms with van der Waals surface area (Å²) >= 11 is 5.93. The minimum Gasteiger partial charge on any atom is -0.390 e. The largest absolute Gasteiger partial charge is 0.390 e. The number of aliphatic hydroxyl groups excluding tert-OH is 1. The number of hydrogen-bond acceptors (Lipinski definition) is 5. The molecule has 1 N–H and O–H groups in total. The first kappa shape index (κ1) is 20.2. The van der Waals surface area contributed by atoms with E-state index in [-0.39, 0.29) is 11.9 Å². The van der Waals surface area contributed by atoms with Crippen molar-refractivity contribution in [3.8, 4) is 0 Å². The van der Waals surface area contributed by atoms with Gasteiger partial charge < -0.3 is 14.9 Å². The van der Waals surface area contributed by atoms with Crippen LogP contribution in [0.2, 0.25) is 5.02 Å². The summed E-state index contributed by atoms with van der Waals surface area (Å²) in [4.78, 5) is 23.7. The lowest BCUT2D eigenvalue weighted by Crippen LogP contribution is -2.54. The smallest absolute Gasteiger partial charge is 0.253 e. The molecule has 160 valence electrons. The van der Waals surface area contributed by atoms with Crippen LogP contribution in [0.15, 0.2) is 60.8 Å². The number of rotatable bonds is 3. The van der Waals surface area contributed by atoms with Gasteiger partial charge in [0.1, 0.15) is 5.82 Å². The zero-order chi connectivity index (χ0) is 21.4. The maximum atomic E-state index is 12.8. The highest BCUT2D eigenvalue weighted by Gasteiger charge is 2.38. The van der Waals surface area contributed by atoms with Gasteiger partial charge in [0.25, 0.3) is 5.91 Å². The molecule has 1 amide bonds. The maximum Gasteiger partial charge on any atom is 0.253 e. The fourth-order valence-electron chi connectivity index (χ4n) is 4.69. The molecule has 3 heterocycles. The second kappa shape index (κ2) is 8.46. The van der Waals surface area contributed by atoms with E-state index in [2.05, 4.69) is 26.9 Å². The van der Waals surface area contributed by atoms with Crippen LogP contribution in [0.1, 0.15) is 10.4 Å². The van der Waals surface area contributed by atoms with E-state index in [1.807, 2.05) is 29.3 Å². The molecule has 6 nitrogen and oxygen atoms in total. The molecule has 0 spiro atoms. The molecule has 2 fully saturated rings. The van der Waals surface area contributed by atoms with Crippen molar-refractivity contribution in [1.82, 2.24) is 14.8 Å². The fourth-order valence-corrected chi connectivity index (χ4v) is 4.81. The third-order valence-corrected chi connectivity index (χ3v) is 6.62. The van der Waals surface area contributed by atoms with Crippen molar-refractivity contribution in [2.45, 2.75) is 12.1 Å². The number of hydrogen-bond donors (Lipinski definition) is 1. The molecule has 0 radical (unpaired) electrons. The topological polar surface area (TPSA) is 59.9 Å². The summed E-state index contributed by atoms with van der Waals surface area (Å²) in [6.07, 6.45) is 1.39. The van der Waals surface area contributed by atoms with Gasteiger partial charge in [-0.15, -0.1) is 0 Å². The Labute approximate surface area is 186 Å². The quantitative estimate of drug-likeness (QED) is 0.684. The minimum absolute atomic E-state index is 0.0323. The zero-order valence-corrected chi connectivity index (χ0v) is 17.9. The molecule has 2 saturated heterocycles. The van der Waals surface area contributed by atoms with E-state index in [9.17, 15) is 9.90 Å². The molecule has 2 aliphatic rings. The number of carbonyl (C=O) groups excluding carboxylic acids is 1. The second-order valence-corrected chi connectivity index (χ2v) is 8.67. The van der Waals surface area contributed by atoms with Crippen molar-refractivity contribution in [2.75, 3.05) is 44.2 Å². The Kier molecular flexibility index (Phi) is 5.52. The summed E-state index contributed by atoms with van der Waals surface area (Å²) in [5.74, 6) is 0.959. The lowest BCUT2D eigenvalue weighted by atomic mass is 10.1. The number of piperazine rings is 1. The van der Waals surface area contributed by atoms with Gasteiger partial charge in [-0.1, -0.05) is 35.9 Å². The van der Waals surface area contributed by atoms with Gasteiger partial charge in [-0.05, 0) is 35.7 Å². The lowest BCUT2D eigenvalue weighted by Gasteiger charge is -2.38. The average Bonchev–Trinajstić information content (AvgIpc) is 3.20. The van der Waals surface area contributed by atoms with Gasteiger partial charge in [0, 0.05) is 61.4 Å². The van der Waals surface area contributed by atoms with Gasteiger partial charge in [0.05, 0.1) is 12.1 Å². The monoisotopic (exact) mass is 436 g/mol. The van der Waals surface area contributed by atoms with Crippen LogP contribution in [0, 0.1) is 0 Å². The molecule has 2 atom stereocenters. The summed E-state index contributed by atoms with van der Waals surface area (Å²) in [7, 11) is 0. The highest BCUT2D eigenvalue weighted by molar-refractivity contribution is 6.30.